The van der Waals surface area contributed by atoms with Crippen LogP contribution in [0.4, 0.5) is 5.69 Å². The number of nitrogens with one attached hydrogen (secondary N) is 1. The minimum atomic E-state index is -0.730. The first-order valence-corrected chi connectivity index (χ1v) is 17.8. The van der Waals surface area contributed by atoms with Crippen molar-refractivity contribution in [1.29, 1.82) is 0 Å². The molecule has 12 heteroatoms. The molecule has 2 aliphatic heterocycles. The molecule has 248 valence electrons. The Morgan fingerprint density at radius 1 is 1.09 bits per heavy atom. The zero-order valence-electron chi connectivity index (χ0n) is 26.3. The number of thiophene rings is 1. The Balaban J connectivity index is 1.11. The summed E-state index contributed by atoms with van der Waals surface area (Å²) >= 11 is 14.9. The molecule has 0 bridgehead atoms. The first-order chi connectivity index (χ1) is 22.1. The fourth-order valence-corrected chi connectivity index (χ4v) is 8.60. The molecule has 4 aliphatic rings. The maximum atomic E-state index is 13.9. The van der Waals surface area contributed by atoms with Crippen molar-refractivity contribution in [3.63, 3.8) is 0 Å². The number of fused-ring (bicyclic) bond motifs is 1. The number of carboxylic acid groups (broad SMARTS) is 1. The summed E-state index contributed by atoms with van der Waals surface area (Å²) in [6.07, 6.45) is 9.62. The van der Waals surface area contributed by atoms with Crippen molar-refractivity contribution in [3.8, 4) is 0 Å². The summed E-state index contributed by atoms with van der Waals surface area (Å²) in [5.74, 6) is -1.30. The topological polar surface area (TPSA) is 102 Å². The van der Waals surface area contributed by atoms with Gasteiger partial charge < -0.3 is 25.0 Å². The molecule has 46 heavy (non-hydrogen) atoms. The number of nitrogens with zero attached hydrogens (tertiary/aromatic N) is 3. The van der Waals surface area contributed by atoms with Gasteiger partial charge in [-0.2, -0.15) is 0 Å². The third kappa shape index (κ3) is 7.32. The van der Waals surface area contributed by atoms with E-state index in [2.05, 4.69) is 35.3 Å². The van der Waals surface area contributed by atoms with Crippen LogP contribution in [0, 0.1) is 5.92 Å². The smallest absolute Gasteiger partial charge is 0.306 e. The number of rotatable bonds is 10. The van der Waals surface area contributed by atoms with Crippen molar-refractivity contribution >= 4 is 64.1 Å². The molecule has 0 spiro atoms. The number of benzene rings is 1. The van der Waals surface area contributed by atoms with Crippen LogP contribution in [-0.4, -0.2) is 102 Å². The molecule has 1 aromatic carbocycles. The Hall–Kier alpha value is -2.47. The fraction of sp³-hybridized carbons (Fsp3) is 0.559. The molecule has 2 amide bonds. The minimum absolute atomic E-state index is 0.0142. The van der Waals surface area contributed by atoms with E-state index in [1.54, 1.807) is 23.5 Å². The molecule has 2 atom stereocenters. The van der Waals surface area contributed by atoms with Gasteiger partial charge in [0.05, 0.1) is 47.4 Å². The van der Waals surface area contributed by atoms with Gasteiger partial charge in [-0.1, -0.05) is 35.4 Å². The maximum Gasteiger partial charge on any atom is 0.306 e. The third-order valence-corrected chi connectivity index (χ3v) is 11.8. The van der Waals surface area contributed by atoms with Crippen LogP contribution in [0.1, 0.15) is 64.9 Å². The summed E-state index contributed by atoms with van der Waals surface area (Å²) in [5, 5.41) is 14.8. The van der Waals surface area contributed by atoms with Gasteiger partial charge in [-0.15, -0.1) is 11.3 Å². The first kappa shape index (κ1) is 33.4. The number of hydrogen-bond donors (Lipinski definition) is 2. The lowest BCUT2D eigenvalue weighted by Crippen LogP contribution is -2.61. The summed E-state index contributed by atoms with van der Waals surface area (Å²) in [5.41, 5.74) is 2.60. The number of allylic oxidation sites excluding steroid dienone is 1. The van der Waals surface area contributed by atoms with Crippen LogP contribution in [0.15, 0.2) is 23.6 Å². The lowest BCUT2D eigenvalue weighted by Gasteiger charge is -2.46. The van der Waals surface area contributed by atoms with Gasteiger partial charge in [0.2, 0.25) is 5.91 Å². The summed E-state index contributed by atoms with van der Waals surface area (Å²) < 4.78 is 6.32. The number of likely N-dealkylation sites (N-methyl/N-ethyl adjacent to an activating group) is 1. The number of carbonyl (C=O) groups excluding carboxylic acids is 2. The quantitative estimate of drug-likeness (QED) is 0.331. The Bertz CT molecular complexity index is 1500. The van der Waals surface area contributed by atoms with E-state index < -0.39 is 5.97 Å². The predicted molar refractivity (Wildman–Crippen MR) is 182 cm³/mol. The van der Waals surface area contributed by atoms with Crippen molar-refractivity contribution in [2.75, 3.05) is 45.7 Å². The van der Waals surface area contributed by atoms with Crippen LogP contribution >= 0.6 is 34.5 Å². The second-order valence-corrected chi connectivity index (χ2v) is 15.1. The average molecular weight is 690 g/mol. The van der Waals surface area contributed by atoms with Gasteiger partial charge in [0.15, 0.2) is 0 Å². The lowest BCUT2D eigenvalue weighted by molar-refractivity contribution is -0.144. The molecule has 2 saturated heterocycles. The zero-order chi connectivity index (χ0) is 32.5. The van der Waals surface area contributed by atoms with Crippen LogP contribution in [0.3, 0.4) is 0 Å². The van der Waals surface area contributed by atoms with E-state index in [0.29, 0.717) is 58.9 Å². The number of hydrogen-bond acceptors (Lipinski definition) is 7. The summed E-state index contributed by atoms with van der Waals surface area (Å²) in [4.78, 5) is 46.2. The molecule has 9 nitrogen and oxygen atoms in total. The SMILES string of the molecule is CN(C)C1CN([C@H]2C[C@@H](CO[C@H]3CC[C@H](C(=O)O)CC3)N(C(=O)Cc3cc(Cl)c(NC(=O)c4csc5c4C=CCC5)cc3Cl)C2)C1. The number of anilines is 1. The number of aliphatic carboxylic acids is 1. The van der Waals surface area contributed by atoms with Crippen molar-refractivity contribution < 1.29 is 24.2 Å². The number of likely N-dealkylation sites (tertiary alicyclic amines) is 2. The van der Waals surface area contributed by atoms with Gasteiger partial charge in [-0.05, 0) is 76.7 Å². The van der Waals surface area contributed by atoms with Gasteiger partial charge in [0, 0.05) is 52.6 Å². The number of halogens is 2. The molecule has 6 rings (SSSR count). The molecule has 0 unspecified atom stereocenters. The third-order valence-electron chi connectivity index (χ3n) is 10.1. The van der Waals surface area contributed by atoms with Crippen molar-refractivity contribution in [1.82, 2.24) is 14.7 Å². The van der Waals surface area contributed by atoms with Gasteiger partial charge >= 0.3 is 5.97 Å². The van der Waals surface area contributed by atoms with Crippen molar-refractivity contribution in [3.05, 3.63) is 55.2 Å². The van der Waals surface area contributed by atoms with E-state index in [9.17, 15) is 19.5 Å². The van der Waals surface area contributed by atoms with E-state index in [0.717, 1.165) is 50.8 Å². The van der Waals surface area contributed by atoms with Crippen LogP contribution in [0.2, 0.25) is 10.0 Å². The van der Waals surface area contributed by atoms with Gasteiger partial charge in [0.25, 0.3) is 5.91 Å². The van der Waals surface area contributed by atoms with Crippen LogP contribution in [-0.2, 0) is 27.2 Å². The van der Waals surface area contributed by atoms with E-state index in [1.807, 2.05) is 16.4 Å². The number of carboxylic acids is 1. The molecule has 2 N–H and O–H groups in total. The molecule has 0 radical (unpaired) electrons. The molecule has 2 aliphatic carbocycles. The fourth-order valence-electron chi connectivity index (χ4n) is 7.10. The Morgan fingerprint density at radius 2 is 1.85 bits per heavy atom. The second-order valence-electron chi connectivity index (χ2n) is 13.3. The Kier molecular flexibility index (Phi) is 10.4. The van der Waals surface area contributed by atoms with E-state index in [-0.39, 0.29) is 42.3 Å². The monoisotopic (exact) mass is 688 g/mol. The normalized spacial score (nSPS) is 25.0. The highest BCUT2D eigenvalue weighted by atomic mass is 35.5. The summed E-state index contributed by atoms with van der Waals surface area (Å²) in [7, 11) is 4.20. The highest BCUT2D eigenvalue weighted by Gasteiger charge is 2.43. The van der Waals surface area contributed by atoms with Crippen LogP contribution in [0.5, 0.6) is 0 Å². The van der Waals surface area contributed by atoms with Gasteiger partial charge in [0.1, 0.15) is 0 Å². The van der Waals surface area contributed by atoms with Crippen LogP contribution < -0.4 is 5.32 Å². The summed E-state index contributed by atoms with van der Waals surface area (Å²) in [6.45, 7) is 3.01. The van der Waals surface area contributed by atoms with E-state index in [1.165, 1.54) is 4.88 Å². The predicted octanol–water partition coefficient (Wildman–Crippen LogP) is 5.68. The molecule has 2 aromatic rings. The Labute approximate surface area is 284 Å². The zero-order valence-corrected chi connectivity index (χ0v) is 28.7. The van der Waals surface area contributed by atoms with Gasteiger partial charge in [-0.25, -0.2) is 0 Å². The number of ether oxygens (including phenoxy) is 1. The lowest BCUT2D eigenvalue weighted by atomic mass is 9.87. The Morgan fingerprint density at radius 3 is 2.57 bits per heavy atom. The highest BCUT2D eigenvalue weighted by molar-refractivity contribution is 7.10. The maximum absolute atomic E-state index is 13.9. The number of carbonyl (C=O) groups is 3. The molecular weight excluding hydrogens is 647 g/mol. The molecule has 3 fully saturated rings. The average Bonchev–Trinajstić information content (AvgIpc) is 3.62. The highest BCUT2D eigenvalue weighted by Crippen LogP contribution is 2.35. The molecular formula is C34H42Cl2N4O5S. The summed E-state index contributed by atoms with van der Waals surface area (Å²) in [6, 6.07) is 4.00. The van der Waals surface area contributed by atoms with Gasteiger partial charge in [-0.3, -0.25) is 19.3 Å². The second kappa shape index (κ2) is 14.3. The molecule has 1 aromatic heterocycles. The van der Waals surface area contributed by atoms with Crippen molar-refractivity contribution in [2.45, 2.75) is 75.6 Å². The molecule has 1 saturated carbocycles. The number of amides is 2. The standard InChI is InChI=1S/C34H42Cl2N4O5S/c1-38(2)24-15-39(16-24)22-13-23(18-45-25-9-7-20(8-10-25)34(43)44)40(17-22)32(41)12-21-11-29(36)30(14-28(21)35)37-33(42)27-19-46-31-6-4-3-5-26(27)31/h3,5,11,14,19-20,22-25H,4,6-10,12-13,15-18H2,1-2H3,(H,37,42)(H,43,44)/t20-,22-,23-,25-/m0/s1. The van der Waals surface area contributed by atoms with E-state index >= 15 is 0 Å². The van der Waals surface area contributed by atoms with Crippen molar-refractivity contribution in [2.24, 2.45) is 5.92 Å². The molecule has 3 heterocycles. The van der Waals surface area contributed by atoms with E-state index in [4.69, 9.17) is 27.9 Å². The minimum Gasteiger partial charge on any atom is -0.481 e. The van der Waals surface area contributed by atoms with Crippen LogP contribution in [0.25, 0.3) is 6.08 Å². The number of aryl methyl sites for hydroxylation is 1. The first-order valence-electron chi connectivity index (χ1n) is 16.2. The largest absolute Gasteiger partial charge is 0.481 e.